The fraction of sp³-hybridized carbons (Fsp3) is 0.222. The average molecular weight is 225 g/mol. The maximum Gasteiger partial charge on any atom is 0.165 e. The molecule has 0 aliphatic rings. The van der Waals surface area contributed by atoms with Gasteiger partial charge in [-0.25, -0.2) is 13.5 Å². The normalized spacial score (nSPS) is 10.7. The van der Waals surface area contributed by atoms with Gasteiger partial charge in [0.15, 0.2) is 5.82 Å². The minimum atomic E-state index is -0.501. The Kier molecular flexibility index (Phi) is 2.86. The van der Waals surface area contributed by atoms with Crippen LogP contribution < -0.4 is 5.73 Å². The monoisotopic (exact) mass is 225 g/mol. The van der Waals surface area contributed by atoms with Crippen LogP contribution in [-0.2, 0) is 13.1 Å². The van der Waals surface area contributed by atoms with Gasteiger partial charge in [-0.3, -0.25) is 0 Å². The Labute approximate surface area is 89.9 Å². The van der Waals surface area contributed by atoms with E-state index >= 15 is 0 Å². The number of hydrogen-bond donors (Lipinski definition) is 1. The summed E-state index contributed by atoms with van der Waals surface area (Å²) < 4.78 is 27.6. The van der Waals surface area contributed by atoms with E-state index in [0.717, 1.165) is 18.2 Å². The number of benzene rings is 1. The van der Waals surface area contributed by atoms with Crippen molar-refractivity contribution in [2.45, 2.75) is 13.1 Å². The van der Waals surface area contributed by atoms with E-state index in [0.29, 0.717) is 5.82 Å². The molecule has 0 radical (unpaired) electrons. The molecule has 2 aromatic rings. The molecule has 2 N–H and O–H groups in total. The van der Waals surface area contributed by atoms with Gasteiger partial charge in [-0.15, -0.1) is 5.10 Å². The molecule has 0 unspecified atom stereocenters. The van der Waals surface area contributed by atoms with Crippen molar-refractivity contribution in [1.29, 1.82) is 0 Å². The van der Waals surface area contributed by atoms with E-state index in [1.807, 2.05) is 0 Å². The molecule has 7 heteroatoms. The van der Waals surface area contributed by atoms with E-state index in [1.54, 1.807) is 0 Å². The van der Waals surface area contributed by atoms with Crippen LogP contribution in [0.25, 0.3) is 0 Å². The van der Waals surface area contributed by atoms with Gasteiger partial charge in [0.2, 0.25) is 0 Å². The van der Waals surface area contributed by atoms with Crippen molar-refractivity contribution >= 4 is 0 Å². The Morgan fingerprint density at radius 3 is 2.88 bits per heavy atom. The smallest absolute Gasteiger partial charge is 0.165 e. The van der Waals surface area contributed by atoms with Crippen molar-refractivity contribution in [2.24, 2.45) is 5.73 Å². The number of nitrogens with zero attached hydrogens (tertiary/aromatic N) is 4. The summed E-state index contributed by atoms with van der Waals surface area (Å²) in [7, 11) is 0. The van der Waals surface area contributed by atoms with Gasteiger partial charge in [-0.05, 0) is 28.6 Å². The van der Waals surface area contributed by atoms with Gasteiger partial charge in [0.05, 0.1) is 13.1 Å². The first-order chi connectivity index (χ1) is 7.70. The van der Waals surface area contributed by atoms with Crippen LogP contribution in [0.4, 0.5) is 8.78 Å². The number of tetrazole rings is 1. The predicted octanol–water partition coefficient (Wildman–Crippen LogP) is 0.458. The lowest BCUT2D eigenvalue weighted by molar-refractivity contribution is 0.552. The third kappa shape index (κ3) is 2.03. The first kappa shape index (κ1) is 10.6. The first-order valence-corrected chi connectivity index (χ1v) is 4.59. The molecule has 0 saturated heterocycles. The third-order valence-electron chi connectivity index (χ3n) is 2.12. The molecule has 1 aromatic heterocycles. The molecule has 0 spiro atoms. The van der Waals surface area contributed by atoms with E-state index in [2.05, 4.69) is 15.5 Å². The van der Waals surface area contributed by atoms with Crippen molar-refractivity contribution in [2.75, 3.05) is 0 Å². The minimum absolute atomic E-state index is 0.0587. The summed E-state index contributed by atoms with van der Waals surface area (Å²) in [5.41, 5.74) is 5.57. The van der Waals surface area contributed by atoms with Crippen LogP contribution in [0.3, 0.4) is 0 Å². The van der Waals surface area contributed by atoms with Gasteiger partial charge in [0.1, 0.15) is 11.6 Å². The molecule has 0 saturated carbocycles. The van der Waals surface area contributed by atoms with E-state index in [1.165, 1.54) is 4.68 Å². The molecule has 0 fully saturated rings. The highest BCUT2D eigenvalue weighted by atomic mass is 19.1. The molecule has 0 amide bonds. The number of aromatic nitrogens is 4. The van der Waals surface area contributed by atoms with Crippen LogP contribution in [0.15, 0.2) is 18.2 Å². The van der Waals surface area contributed by atoms with E-state index in [9.17, 15) is 8.78 Å². The maximum atomic E-state index is 13.3. The van der Waals surface area contributed by atoms with Crippen molar-refractivity contribution < 1.29 is 8.78 Å². The fourth-order valence-electron chi connectivity index (χ4n) is 1.32. The highest BCUT2D eigenvalue weighted by molar-refractivity contribution is 5.18. The standard InChI is InChI=1S/C9H9F2N5/c10-7-1-2-8(11)6(3-7)5-16-9(4-12)13-14-15-16/h1-3H,4-5,12H2. The lowest BCUT2D eigenvalue weighted by Crippen LogP contribution is -2.11. The molecular formula is C9H9F2N5. The lowest BCUT2D eigenvalue weighted by atomic mass is 10.2. The third-order valence-corrected chi connectivity index (χ3v) is 2.12. The van der Waals surface area contributed by atoms with Crippen molar-refractivity contribution in [3.05, 3.63) is 41.2 Å². The van der Waals surface area contributed by atoms with E-state index in [4.69, 9.17) is 5.73 Å². The molecule has 1 heterocycles. The van der Waals surface area contributed by atoms with Gasteiger partial charge in [0.25, 0.3) is 0 Å². The molecule has 84 valence electrons. The average Bonchev–Trinajstić information content (AvgIpc) is 2.71. The van der Waals surface area contributed by atoms with Gasteiger partial charge < -0.3 is 5.73 Å². The molecular weight excluding hydrogens is 216 g/mol. The van der Waals surface area contributed by atoms with Crippen LogP contribution in [0.5, 0.6) is 0 Å². The van der Waals surface area contributed by atoms with Crippen LogP contribution in [-0.4, -0.2) is 20.2 Å². The zero-order chi connectivity index (χ0) is 11.5. The topological polar surface area (TPSA) is 69.6 Å². The summed E-state index contributed by atoms with van der Waals surface area (Å²) in [5.74, 6) is -0.581. The largest absolute Gasteiger partial charge is 0.324 e. The molecule has 2 rings (SSSR count). The molecule has 5 nitrogen and oxygen atoms in total. The minimum Gasteiger partial charge on any atom is -0.324 e. The number of rotatable bonds is 3. The van der Waals surface area contributed by atoms with Gasteiger partial charge in [0, 0.05) is 5.56 Å². The molecule has 0 bridgehead atoms. The van der Waals surface area contributed by atoms with Crippen molar-refractivity contribution in [3.63, 3.8) is 0 Å². The molecule has 16 heavy (non-hydrogen) atoms. The summed E-state index contributed by atoms with van der Waals surface area (Å²) in [4.78, 5) is 0. The van der Waals surface area contributed by atoms with Crippen LogP contribution in [0.1, 0.15) is 11.4 Å². The van der Waals surface area contributed by atoms with Gasteiger partial charge >= 0.3 is 0 Å². The Bertz CT molecular complexity index is 496. The summed E-state index contributed by atoms with van der Waals surface area (Å²) in [6.45, 7) is 0.201. The first-order valence-electron chi connectivity index (χ1n) is 4.59. The summed E-state index contributed by atoms with van der Waals surface area (Å²) >= 11 is 0. The summed E-state index contributed by atoms with van der Waals surface area (Å²) in [6, 6.07) is 3.23. The zero-order valence-electron chi connectivity index (χ0n) is 8.27. The van der Waals surface area contributed by atoms with Crippen LogP contribution in [0, 0.1) is 11.6 Å². The van der Waals surface area contributed by atoms with E-state index in [-0.39, 0.29) is 18.7 Å². The highest BCUT2D eigenvalue weighted by Crippen LogP contribution is 2.11. The second kappa shape index (κ2) is 4.31. The van der Waals surface area contributed by atoms with Gasteiger partial charge in [-0.2, -0.15) is 0 Å². The number of nitrogens with two attached hydrogens (primary N) is 1. The fourth-order valence-corrected chi connectivity index (χ4v) is 1.32. The molecule has 0 aliphatic heterocycles. The quantitative estimate of drug-likeness (QED) is 0.823. The molecule has 0 aliphatic carbocycles. The second-order valence-corrected chi connectivity index (χ2v) is 3.19. The summed E-state index contributed by atoms with van der Waals surface area (Å²) in [6.07, 6.45) is 0. The Balaban J connectivity index is 2.30. The maximum absolute atomic E-state index is 13.3. The van der Waals surface area contributed by atoms with E-state index < -0.39 is 11.6 Å². The number of hydrogen-bond acceptors (Lipinski definition) is 4. The lowest BCUT2D eigenvalue weighted by Gasteiger charge is -2.04. The van der Waals surface area contributed by atoms with Crippen LogP contribution in [0.2, 0.25) is 0 Å². The Hall–Kier alpha value is -1.89. The molecule has 0 atom stereocenters. The Morgan fingerprint density at radius 2 is 2.12 bits per heavy atom. The van der Waals surface area contributed by atoms with Crippen molar-refractivity contribution in [3.8, 4) is 0 Å². The SMILES string of the molecule is NCc1nnnn1Cc1cc(F)ccc1F. The van der Waals surface area contributed by atoms with Gasteiger partial charge in [-0.1, -0.05) is 0 Å². The highest BCUT2D eigenvalue weighted by Gasteiger charge is 2.09. The van der Waals surface area contributed by atoms with Crippen LogP contribution >= 0.6 is 0 Å². The summed E-state index contributed by atoms with van der Waals surface area (Å²) in [5, 5.41) is 10.7. The Morgan fingerprint density at radius 1 is 1.31 bits per heavy atom. The molecule has 1 aromatic carbocycles. The van der Waals surface area contributed by atoms with Crippen molar-refractivity contribution in [1.82, 2.24) is 20.2 Å². The number of halogens is 2. The predicted molar refractivity (Wildman–Crippen MR) is 51.2 cm³/mol. The second-order valence-electron chi connectivity index (χ2n) is 3.19. The zero-order valence-corrected chi connectivity index (χ0v) is 8.27.